The van der Waals surface area contributed by atoms with Crippen molar-refractivity contribution in [1.82, 2.24) is 10.3 Å². The summed E-state index contributed by atoms with van der Waals surface area (Å²) >= 11 is 0. The van der Waals surface area contributed by atoms with Gasteiger partial charge in [0, 0.05) is 17.6 Å². The predicted octanol–water partition coefficient (Wildman–Crippen LogP) is 3.17. The highest BCUT2D eigenvalue weighted by molar-refractivity contribution is 5.23. The van der Waals surface area contributed by atoms with Gasteiger partial charge < -0.3 is 14.8 Å². The Morgan fingerprint density at radius 2 is 1.95 bits per heavy atom. The summed E-state index contributed by atoms with van der Waals surface area (Å²) in [6, 6.07) is 4.34. The minimum atomic E-state index is 0.166. The summed E-state index contributed by atoms with van der Waals surface area (Å²) < 4.78 is 11.4. The Labute approximate surface area is 121 Å². The van der Waals surface area contributed by atoms with Crippen LogP contribution in [-0.2, 0) is 0 Å². The van der Waals surface area contributed by atoms with Gasteiger partial charge in [0.25, 0.3) is 0 Å². The average Bonchev–Trinajstić information content (AvgIpc) is 2.26. The van der Waals surface area contributed by atoms with Crippen molar-refractivity contribution < 1.29 is 9.47 Å². The highest BCUT2D eigenvalue weighted by atomic mass is 16.5. The van der Waals surface area contributed by atoms with Crippen LogP contribution >= 0.6 is 0 Å². The standard InChI is InChI=1S/C16H26N2O2/c1-11(2)19-13-6-7-15(17-10-13)20-14-8-12(9-14)18-16(3,4)5/h6-7,10-12,14,18H,8-9H2,1-5H3/t12-,14+. The van der Waals surface area contributed by atoms with Crippen LogP contribution < -0.4 is 14.8 Å². The van der Waals surface area contributed by atoms with Crippen LogP contribution in [-0.4, -0.2) is 28.8 Å². The van der Waals surface area contributed by atoms with Crippen molar-refractivity contribution in [3.8, 4) is 11.6 Å². The lowest BCUT2D eigenvalue weighted by molar-refractivity contribution is 0.0692. The molecule has 2 rings (SSSR count). The first kappa shape index (κ1) is 15.1. The molecule has 0 bridgehead atoms. The van der Waals surface area contributed by atoms with E-state index in [1.165, 1.54) is 0 Å². The average molecular weight is 278 g/mol. The van der Waals surface area contributed by atoms with E-state index in [0.29, 0.717) is 11.9 Å². The third-order valence-electron chi connectivity index (χ3n) is 3.10. The maximum atomic E-state index is 5.85. The van der Waals surface area contributed by atoms with Crippen LogP contribution in [0.25, 0.3) is 0 Å². The Morgan fingerprint density at radius 3 is 2.45 bits per heavy atom. The van der Waals surface area contributed by atoms with E-state index in [1.54, 1.807) is 6.20 Å². The van der Waals surface area contributed by atoms with Gasteiger partial charge in [-0.25, -0.2) is 4.98 Å². The van der Waals surface area contributed by atoms with Gasteiger partial charge in [-0.2, -0.15) is 0 Å². The first-order valence-electron chi connectivity index (χ1n) is 7.39. The van der Waals surface area contributed by atoms with Gasteiger partial charge in [-0.3, -0.25) is 0 Å². The molecular weight excluding hydrogens is 252 g/mol. The Balaban J connectivity index is 1.76. The lowest BCUT2D eigenvalue weighted by Gasteiger charge is -2.39. The van der Waals surface area contributed by atoms with Crippen molar-refractivity contribution in [3.63, 3.8) is 0 Å². The van der Waals surface area contributed by atoms with Gasteiger partial charge in [-0.1, -0.05) is 0 Å². The number of hydrogen-bond donors (Lipinski definition) is 1. The lowest BCUT2D eigenvalue weighted by atomic mass is 9.87. The topological polar surface area (TPSA) is 43.4 Å². The number of hydrogen-bond acceptors (Lipinski definition) is 4. The molecule has 0 aromatic carbocycles. The second-order valence-corrected chi connectivity index (χ2v) is 6.80. The fourth-order valence-corrected chi connectivity index (χ4v) is 2.34. The molecule has 0 radical (unpaired) electrons. The van der Waals surface area contributed by atoms with Crippen molar-refractivity contribution in [2.75, 3.05) is 0 Å². The van der Waals surface area contributed by atoms with Crippen molar-refractivity contribution in [2.24, 2.45) is 0 Å². The summed E-state index contributed by atoms with van der Waals surface area (Å²) in [5, 5.41) is 3.58. The zero-order valence-electron chi connectivity index (χ0n) is 13.1. The molecule has 1 fully saturated rings. The van der Waals surface area contributed by atoms with Crippen LogP contribution in [0.15, 0.2) is 18.3 Å². The third kappa shape index (κ3) is 4.67. The molecule has 1 aromatic heterocycles. The van der Waals surface area contributed by atoms with E-state index in [0.717, 1.165) is 18.6 Å². The summed E-state index contributed by atoms with van der Waals surface area (Å²) in [6.45, 7) is 10.6. The zero-order valence-corrected chi connectivity index (χ0v) is 13.1. The molecule has 0 aliphatic heterocycles. The van der Waals surface area contributed by atoms with Gasteiger partial charge in [0.15, 0.2) is 0 Å². The van der Waals surface area contributed by atoms with Crippen LogP contribution in [0.3, 0.4) is 0 Å². The maximum Gasteiger partial charge on any atom is 0.213 e. The van der Waals surface area contributed by atoms with Crippen molar-refractivity contribution in [2.45, 2.75) is 71.2 Å². The smallest absolute Gasteiger partial charge is 0.213 e. The summed E-state index contributed by atoms with van der Waals surface area (Å²) in [6.07, 6.45) is 4.25. The molecule has 0 amide bonds. The molecule has 1 aromatic rings. The highest BCUT2D eigenvalue weighted by Crippen LogP contribution is 2.27. The molecule has 1 heterocycles. The quantitative estimate of drug-likeness (QED) is 0.898. The minimum Gasteiger partial charge on any atom is -0.489 e. The molecular formula is C16H26N2O2. The second-order valence-electron chi connectivity index (χ2n) is 6.80. The molecule has 1 aliphatic rings. The number of ether oxygens (including phenoxy) is 2. The Kier molecular flexibility index (Phi) is 4.53. The Bertz CT molecular complexity index is 417. The summed E-state index contributed by atoms with van der Waals surface area (Å²) in [5.41, 5.74) is 0.170. The number of aromatic nitrogens is 1. The zero-order chi connectivity index (χ0) is 14.8. The SMILES string of the molecule is CC(C)Oc1ccc(O[C@H]2C[C@@H](NC(C)(C)C)C2)nc1. The van der Waals surface area contributed by atoms with Gasteiger partial charge in [0.05, 0.1) is 12.3 Å². The third-order valence-corrected chi connectivity index (χ3v) is 3.10. The van der Waals surface area contributed by atoms with Gasteiger partial charge in [-0.05, 0) is 53.5 Å². The molecule has 112 valence electrons. The van der Waals surface area contributed by atoms with E-state index in [9.17, 15) is 0 Å². The van der Waals surface area contributed by atoms with Crippen LogP contribution in [0.4, 0.5) is 0 Å². The van der Waals surface area contributed by atoms with Crippen molar-refractivity contribution in [1.29, 1.82) is 0 Å². The molecule has 0 unspecified atom stereocenters. The highest BCUT2D eigenvalue weighted by Gasteiger charge is 2.33. The van der Waals surface area contributed by atoms with Crippen LogP contribution in [0.1, 0.15) is 47.5 Å². The molecule has 1 saturated carbocycles. The summed E-state index contributed by atoms with van der Waals surface area (Å²) in [7, 11) is 0. The normalized spacial score (nSPS) is 22.5. The van der Waals surface area contributed by atoms with E-state index >= 15 is 0 Å². The fraction of sp³-hybridized carbons (Fsp3) is 0.688. The van der Waals surface area contributed by atoms with Gasteiger partial charge in [0.2, 0.25) is 5.88 Å². The second kappa shape index (κ2) is 6.00. The van der Waals surface area contributed by atoms with E-state index in [1.807, 2.05) is 26.0 Å². The molecule has 4 nitrogen and oxygen atoms in total. The number of nitrogens with zero attached hydrogens (tertiary/aromatic N) is 1. The lowest BCUT2D eigenvalue weighted by Crippen LogP contribution is -2.53. The van der Waals surface area contributed by atoms with E-state index in [2.05, 4.69) is 31.1 Å². The fourth-order valence-electron chi connectivity index (χ4n) is 2.34. The molecule has 0 atom stereocenters. The van der Waals surface area contributed by atoms with E-state index in [4.69, 9.17) is 9.47 Å². The first-order chi connectivity index (χ1) is 9.32. The van der Waals surface area contributed by atoms with Crippen LogP contribution in [0.2, 0.25) is 0 Å². The summed E-state index contributed by atoms with van der Waals surface area (Å²) in [4.78, 5) is 4.29. The molecule has 4 heteroatoms. The number of pyridine rings is 1. The number of rotatable bonds is 5. The molecule has 0 saturated heterocycles. The van der Waals surface area contributed by atoms with Gasteiger partial charge in [0.1, 0.15) is 11.9 Å². The van der Waals surface area contributed by atoms with Crippen molar-refractivity contribution >= 4 is 0 Å². The monoisotopic (exact) mass is 278 g/mol. The predicted molar refractivity (Wildman–Crippen MR) is 80.3 cm³/mol. The molecule has 0 spiro atoms. The molecule has 1 N–H and O–H groups in total. The largest absolute Gasteiger partial charge is 0.489 e. The summed E-state index contributed by atoms with van der Waals surface area (Å²) in [5.74, 6) is 1.47. The van der Waals surface area contributed by atoms with Crippen LogP contribution in [0, 0.1) is 0 Å². The first-order valence-corrected chi connectivity index (χ1v) is 7.39. The van der Waals surface area contributed by atoms with Gasteiger partial charge in [-0.15, -0.1) is 0 Å². The Hall–Kier alpha value is -1.29. The molecule has 20 heavy (non-hydrogen) atoms. The van der Waals surface area contributed by atoms with E-state index < -0.39 is 0 Å². The minimum absolute atomic E-state index is 0.166. The van der Waals surface area contributed by atoms with Crippen molar-refractivity contribution in [3.05, 3.63) is 18.3 Å². The van der Waals surface area contributed by atoms with Gasteiger partial charge >= 0.3 is 0 Å². The number of nitrogens with one attached hydrogen (secondary N) is 1. The van der Waals surface area contributed by atoms with Crippen LogP contribution in [0.5, 0.6) is 11.6 Å². The Morgan fingerprint density at radius 1 is 1.25 bits per heavy atom. The molecule has 1 aliphatic carbocycles. The maximum absolute atomic E-state index is 5.85. The van der Waals surface area contributed by atoms with E-state index in [-0.39, 0.29) is 17.7 Å².